The molecule has 1 aromatic rings. The van der Waals surface area contributed by atoms with Crippen LogP contribution in [0.3, 0.4) is 0 Å². The predicted octanol–water partition coefficient (Wildman–Crippen LogP) is 1.68. The van der Waals surface area contributed by atoms with Crippen molar-refractivity contribution in [1.82, 2.24) is 0 Å². The van der Waals surface area contributed by atoms with Crippen molar-refractivity contribution in [3.05, 3.63) is 23.7 Å². The monoisotopic (exact) mass is 152 g/mol. The van der Waals surface area contributed by atoms with Crippen molar-refractivity contribution < 1.29 is 14.0 Å². The summed E-state index contributed by atoms with van der Waals surface area (Å²) in [5, 5.41) is 0. The van der Waals surface area contributed by atoms with Gasteiger partial charge >= 0.3 is 0 Å². The van der Waals surface area contributed by atoms with Gasteiger partial charge in [0.1, 0.15) is 0 Å². The second kappa shape index (κ2) is 2.70. The van der Waals surface area contributed by atoms with Crippen LogP contribution in [0.1, 0.15) is 34.8 Å². The van der Waals surface area contributed by atoms with E-state index in [9.17, 15) is 9.59 Å². The molecule has 1 rings (SSSR count). The molecule has 0 amide bonds. The smallest absolute Gasteiger partial charge is 0.195 e. The molecule has 0 radical (unpaired) electrons. The maximum absolute atomic E-state index is 10.8. The first-order valence-electron chi connectivity index (χ1n) is 3.22. The van der Waals surface area contributed by atoms with Crippen LogP contribution in [0.2, 0.25) is 0 Å². The number of Topliss-reactive ketones (excluding diaryl/α,β-unsaturated/α-hetero) is 2. The molecule has 0 aliphatic carbocycles. The number of rotatable bonds is 2. The first-order valence-corrected chi connectivity index (χ1v) is 3.22. The van der Waals surface area contributed by atoms with E-state index in [0.29, 0.717) is 5.56 Å². The van der Waals surface area contributed by atoms with E-state index < -0.39 is 0 Å². The van der Waals surface area contributed by atoms with Gasteiger partial charge < -0.3 is 4.42 Å². The van der Waals surface area contributed by atoms with Crippen LogP contribution in [-0.2, 0) is 0 Å². The van der Waals surface area contributed by atoms with Crippen LogP contribution in [0.25, 0.3) is 0 Å². The lowest BCUT2D eigenvalue weighted by molar-refractivity contribution is 0.0961. The maximum atomic E-state index is 10.8. The Kier molecular flexibility index (Phi) is 1.89. The molecule has 0 spiro atoms. The molecule has 58 valence electrons. The Balaban J connectivity index is 3.16. The summed E-state index contributed by atoms with van der Waals surface area (Å²) in [4.78, 5) is 21.6. The van der Waals surface area contributed by atoms with Gasteiger partial charge in [-0.05, 0) is 13.0 Å². The van der Waals surface area contributed by atoms with Gasteiger partial charge in [0.2, 0.25) is 0 Å². The molecule has 11 heavy (non-hydrogen) atoms. The van der Waals surface area contributed by atoms with Crippen molar-refractivity contribution >= 4 is 11.6 Å². The van der Waals surface area contributed by atoms with Gasteiger partial charge in [-0.15, -0.1) is 0 Å². The van der Waals surface area contributed by atoms with Gasteiger partial charge in [0.15, 0.2) is 17.3 Å². The minimum atomic E-state index is -0.222. The zero-order chi connectivity index (χ0) is 8.43. The van der Waals surface area contributed by atoms with Gasteiger partial charge in [-0.2, -0.15) is 0 Å². The Morgan fingerprint density at radius 3 is 2.27 bits per heavy atom. The van der Waals surface area contributed by atoms with Gasteiger partial charge in [-0.25, -0.2) is 0 Å². The van der Waals surface area contributed by atoms with Crippen LogP contribution in [0.5, 0.6) is 0 Å². The number of furan rings is 1. The number of hydrogen-bond acceptors (Lipinski definition) is 3. The first-order chi connectivity index (χ1) is 5.13. The summed E-state index contributed by atoms with van der Waals surface area (Å²) in [7, 11) is 0. The fraction of sp³-hybridized carbons (Fsp3) is 0.250. The highest BCUT2D eigenvalue weighted by Crippen LogP contribution is 2.11. The van der Waals surface area contributed by atoms with E-state index in [0.717, 1.165) is 0 Å². The lowest BCUT2D eigenvalue weighted by atomic mass is 10.1. The highest BCUT2D eigenvalue weighted by atomic mass is 16.3. The molecular formula is C8H8O3. The highest BCUT2D eigenvalue weighted by molar-refractivity contribution is 6.05. The first kappa shape index (κ1) is 7.72. The number of hydrogen-bond donors (Lipinski definition) is 0. The Bertz CT molecular complexity index is 268. The third-order valence-corrected chi connectivity index (χ3v) is 1.36. The molecule has 1 heterocycles. The lowest BCUT2D eigenvalue weighted by Crippen LogP contribution is -1.99. The normalized spacial score (nSPS) is 9.64. The Morgan fingerprint density at radius 1 is 1.27 bits per heavy atom. The molecule has 3 heteroatoms. The van der Waals surface area contributed by atoms with E-state index >= 15 is 0 Å². The Morgan fingerprint density at radius 2 is 1.91 bits per heavy atom. The molecular weight excluding hydrogens is 144 g/mol. The molecule has 0 saturated heterocycles. The highest BCUT2D eigenvalue weighted by Gasteiger charge is 2.13. The molecule has 0 unspecified atom stereocenters. The molecule has 0 atom stereocenters. The van der Waals surface area contributed by atoms with Gasteiger partial charge in [0.05, 0.1) is 11.8 Å². The van der Waals surface area contributed by atoms with E-state index in [1.165, 1.54) is 26.2 Å². The van der Waals surface area contributed by atoms with Crippen molar-refractivity contribution in [3.8, 4) is 0 Å². The molecule has 0 saturated carbocycles. The summed E-state index contributed by atoms with van der Waals surface area (Å²) in [6, 6.07) is 1.50. The van der Waals surface area contributed by atoms with E-state index in [4.69, 9.17) is 4.42 Å². The summed E-state index contributed by atoms with van der Waals surface area (Å²) < 4.78 is 4.82. The zero-order valence-corrected chi connectivity index (χ0v) is 6.38. The molecule has 1 aromatic heterocycles. The number of carbonyl (C=O) groups excluding carboxylic acids is 2. The van der Waals surface area contributed by atoms with Crippen molar-refractivity contribution in [2.24, 2.45) is 0 Å². The van der Waals surface area contributed by atoms with Gasteiger partial charge in [0, 0.05) is 6.92 Å². The summed E-state index contributed by atoms with van der Waals surface area (Å²) >= 11 is 0. The molecule has 0 aliphatic heterocycles. The molecule has 3 nitrogen and oxygen atoms in total. The van der Waals surface area contributed by atoms with E-state index in [-0.39, 0.29) is 17.3 Å². The number of ketones is 2. The molecule has 0 bridgehead atoms. The van der Waals surface area contributed by atoms with Crippen molar-refractivity contribution in [1.29, 1.82) is 0 Å². The summed E-state index contributed by atoms with van der Waals surface area (Å²) in [6.07, 6.45) is 1.34. The molecule has 0 aromatic carbocycles. The summed E-state index contributed by atoms with van der Waals surface area (Å²) in [5.41, 5.74) is 0.359. The average Bonchev–Trinajstić information content (AvgIpc) is 2.32. The SMILES string of the molecule is CC(=O)c1ccoc1C(C)=O. The third-order valence-electron chi connectivity index (χ3n) is 1.36. The number of carbonyl (C=O) groups is 2. The van der Waals surface area contributed by atoms with Crippen molar-refractivity contribution in [2.75, 3.05) is 0 Å². The Hall–Kier alpha value is -1.38. The topological polar surface area (TPSA) is 47.3 Å². The minimum absolute atomic E-state index is 0.149. The minimum Gasteiger partial charge on any atom is -0.460 e. The Labute approximate surface area is 64.0 Å². The van der Waals surface area contributed by atoms with E-state index in [1.807, 2.05) is 0 Å². The van der Waals surface area contributed by atoms with Gasteiger partial charge in [-0.3, -0.25) is 9.59 Å². The molecule has 0 N–H and O–H groups in total. The lowest BCUT2D eigenvalue weighted by Gasteiger charge is -1.90. The summed E-state index contributed by atoms with van der Waals surface area (Å²) in [5.74, 6) is -0.221. The molecule has 0 fully saturated rings. The fourth-order valence-electron chi connectivity index (χ4n) is 0.859. The van der Waals surface area contributed by atoms with E-state index in [1.54, 1.807) is 0 Å². The van der Waals surface area contributed by atoms with Crippen LogP contribution < -0.4 is 0 Å². The van der Waals surface area contributed by atoms with Gasteiger partial charge in [-0.1, -0.05) is 0 Å². The van der Waals surface area contributed by atoms with Crippen LogP contribution in [-0.4, -0.2) is 11.6 Å². The summed E-state index contributed by atoms with van der Waals surface area (Å²) in [6.45, 7) is 2.77. The third kappa shape index (κ3) is 1.37. The predicted molar refractivity (Wildman–Crippen MR) is 38.7 cm³/mol. The fourth-order valence-corrected chi connectivity index (χ4v) is 0.859. The van der Waals surface area contributed by atoms with Crippen LogP contribution in [0.15, 0.2) is 16.7 Å². The maximum Gasteiger partial charge on any atom is 0.195 e. The largest absolute Gasteiger partial charge is 0.460 e. The second-order valence-corrected chi connectivity index (χ2v) is 2.28. The molecule has 0 aliphatic rings. The van der Waals surface area contributed by atoms with Crippen LogP contribution in [0, 0.1) is 0 Å². The van der Waals surface area contributed by atoms with Gasteiger partial charge in [0.25, 0.3) is 0 Å². The van der Waals surface area contributed by atoms with Crippen molar-refractivity contribution in [3.63, 3.8) is 0 Å². The standard InChI is InChI=1S/C8H8O3/c1-5(9)7-3-4-11-8(7)6(2)10/h3-4H,1-2H3. The zero-order valence-electron chi connectivity index (χ0n) is 6.38. The average molecular weight is 152 g/mol. The van der Waals surface area contributed by atoms with Crippen molar-refractivity contribution in [2.45, 2.75) is 13.8 Å². The van der Waals surface area contributed by atoms with E-state index in [2.05, 4.69) is 0 Å². The second-order valence-electron chi connectivity index (χ2n) is 2.28. The quantitative estimate of drug-likeness (QED) is 0.606. The van der Waals surface area contributed by atoms with Crippen LogP contribution >= 0.6 is 0 Å². The van der Waals surface area contributed by atoms with Crippen LogP contribution in [0.4, 0.5) is 0 Å².